The zero-order valence-electron chi connectivity index (χ0n) is 10.6. The highest BCUT2D eigenvalue weighted by molar-refractivity contribution is 9.10. The van der Waals surface area contributed by atoms with Gasteiger partial charge in [-0.15, -0.1) is 0 Å². The summed E-state index contributed by atoms with van der Waals surface area (Å²) in [5, 5.41) is 10.1. The molecule has 2 aromatic heterocycles. The molecular weight excluding hydrogens is 320 g/mol. The summed E-state index contributed by atoms with van der Waals surface area (Å²) in [5.41, 5.74) is 2.82. The Morgan fingerprint density at radius 1 is 1.35 bits per heavy atom. The molecule has 0 spiro atoms. The van der Waals surface area contributed by atoms with Crippen LogP contribution in [-0.2, 0) is 0 Å². The number of carbonyl (C=O) groups is 1. The minimum absolute atomic E-state index is 0.177. The number of aromatic amines is 1. The Bertz CT molecular complexity index is 778. The maximum atomic E-state index is 12.4. The van der Waals surface area contributed by atoms with Gasteiger partial charge in [0.1, 0.15) is 0 Å². The molecule has 0 saturated carbocycles. The minimum Gasteiger partial charge on any atom is -0.319 e. The molecule has 1 aromatic carbocycles. The van der Waals surface area contributed by atoms with Gasteiger partial charge in [-0.3, -0.25) is 14.9 Å². The van der Waals surface area contributed by atoms with Crippen LogP contribution in [0.5, 0.6) is 0 Å². The van der Waals surface area contributed by atoms with Crippen LogP contribution in [0.4, 0.5) is 5.69 Å². The fourth-order valence-corrected chi connectivity index (χ4v) is 2.39. The molecular formula is C14H11BrN4O. The smallest absolute Gasteiger partial charge is 0.256 e. The van der Waals surface area contributed by atoms with Crippen LogP contribution in [0.2, 0.25) is 0 Å². The fourth-order valence-electron chi connectivity index (χ4n) is 2.04. The number of halogens is 1. The average molecular weight is 331 g/mol. The van der Waals surface area contributed by atoms with Crippen molar-refractivity contribution in [1.82, 2.24) is 15.2 Å². The third kappa shape index (κ3) is 2.42. The first-order valence-electron chi connectivity index (χ1n) is 6.00. The van der Waals surface area contributed by atoms with Crippen LogP contribution in [0.15, 0.2) is 41.1 Å². The van der Waals surface area contributed by atoms with E-state index in [1.54, 1.807) is 18.5 Å². The minimum atomic E-state index is -0.177. The topological polar surface area (TPSA) is 70.7 Å². The van der Waals surface area contributed by atoms with Gasteiger partial charge in [0.2, 0.25) is 0 Å². The summed E-state index contributed by atoms with van der Waals surface area (Å²) in [7, 11) is 0. The molecule has 0 saturated heterocycles. The molecule has 6 heteroatoms. The van der Waals surface area contributed by atoms with E-state index in [4.69, 9.17) is 0 Å². The van der Waals surface area contributed by atoms with E-state index in [0.717, 1.165) is 21.1 Å². The molecule has 0 fully saturated rings. The summed E-state index contributed by atoms with van der Waals surface area (Å²) in [6, 6.07) is 7.47. The van der Waals surface area contributed by atoms with Crippen LogP contribution >= 0.6 is 15.9 Å². The van der Waals surface area contributed by atoms with Crippen LogP contribution in [0, 0.1) is 6.92 Å². The van der Waals surface area contributed by atoms with E-state index in [1.807, 2.05) is 25.1 Å². The Labute approximate surface area is 123 Å². The number of anilines is 1. The first-order valence-corrected chi connectivity index (χ1v) is 6.80. The van der Waals surface area contributed by atoms with Crippen LogP contribution < -0.4 is 5.32 Å². The molecule has 100 valence electrons. The second-order valence-corrected chi connectivity index (χ2v) is 5.33. The average Bonchev–Trinajstić information content (AvgIpc) is 2.90. The van der Waals surface area contributed by atoms with Crippen molar-refractivity contribution in [1.29, 1.82) is 0 Å². The second-order valence-electron chi connectivity index (χ2n) is 4.41. The van der Waals surface area contributed by atoms with Crippen molar-refractivity contribution in [2.75, 3.05) is 5.32 Å². The number of hydrogen-bond donors (Lipinski definition) is 2. The monoisotopic (exact) mass is 330 g/mol. The number of aromatic nitrogens is 3. The lowest BCUT2D eigenvalue weighted by Gasteiger charge is -2.08. The van der Waals surface area contributed by atoms with Crippen LogP contribution in [-0.4, -0.2) is 21.1 Å². The Balaban J connectivity index is 2.08. The zero-order valence-corrected chi connectivity index (χ0v) is 12.2. The van der Waals surface area contributed by atoms with E-state index in [1.165, 1.54) is 0 Å². The lowest BCUT2D eigenvalue weighted by molar-refractivity contribution is 0.102. The highest BCUT2D eigenvalue weighted by atomic mass is 79.9. The first kappa shape index (κ1) is 12.8. The highest BCUT2D eigenvalue weighted by Crippen LogP contribution is 2.23. The summed E-state index contributed by atoms with van der Waals surface area (Å²) in [4.78, 5) is 16.8. The molecule has 1 amide bonds. The molecule has 3 aromatic rings. The van der Waals surface area contributed by atoms with E-state index >= 15 is 0 Å². The zero-order chi connectivity index (χ0) is 14.1. The Morgan fingerprint density at radius 2 is 2.20 bits per heavy atom. The van der Waals surface area contributed by atoms with E-state index in [9.17, 15) is 4.79 Å². The predicted molar refractivity (Wildman–Crippen MR) is 80.7 cm³/mol. The van der Waals surface area contributed by atoms with Gasteiger partial charge in [-0.2, -0.15) is 5.10 Å². The van der Waals surface area contributed by atoms with Gasteiger partial charge in [-0.05, 0) is 25.1 Å². The maximum Gasteiger partial charge on any atom is 0.256 e. The molecule has 0 unspecified atom stereocenters. The van der Waals surface area contributed by atoms with E-state index in [0.29, 0.717) is 11.3 Å². The Morgan fingerprint density at radius 3 is 2.95 bits per heavy atom. The second kappa shape index (κ2) is 5.05. The molecule has 0 atom stereocenters. The summed E-state index contributed by atoms with van der Waals surface area (Å²) in [6.45, 7) is 1.87. The number of nitrogens with zero attached hydrogens (tertiary/aromatic N) is 2. The van der Waals surface area contributed by atoms with Crippen molar-refractivity contribution < 1.29 is 4.79 Å². The van der Waals surface area contributed by atoms with Crippen molar-refractivity contribution in [3.05, 3.63) is 52.4 Å². The number of pyridine rings is 1. The molecule has 3 rings (SSSR count). The Kier molecular flexibility index (Phi) is 3.23. The van der Waals surface area contributed by atoms with Crippen LogP contribution in [0.1, 0.15) is 16.1 Å². The number of rotatable bonds is 2. The normalized spacial score (nSPS) is 10.7. The SMILES string of the molecule is Cc1cc(C(=O)Nc2cn[nH]c2)c2ccc(Br)cc2n1. The number of hydrogen-bond acceptors (Lipinski definition) is 3. The molecule has 20 heavy (non-hydrogen) atoms. The van der Waals surface area contributed by atoms with Gasteiger partial charge in [0.15, 0.2) is 0 Å². The van der Waals surface area contributed by atoms with Gasteiger partial charge < -0.3 is 5.32 Å². The van der Waals surface area contributed by atoms with Gasteiger partial charge in [0.05, 0.1) is 23.0 Å². The molecule has 2 N–H and O–H groups in total. The molecule has 0 aliphatic rings. The van der Waals surface area contributed by atoms with Crippen molar-refractivity contribution >= 4 is 38.4 Å². The summed E-state index contributed by atoms with van der Waals surface area (Å²) >= 11 is 3.41. The molecule has 0 radical (unpaired) electrons. The number of aryl methyl sites for hydroxylation is 1. The third-order valence-corrected chi connectivity index (χ3v) is 3.39. The van der Waals surface area contributed by atoms with Gasteiger partial charge in [0.25, 0.3) is 5.91 Å². The van der Waals surface area contributed by atoms with Crippen molar-refractivity contribution in [2.45, 2.75) is 6.92 Å². The van der Waals surface area contributed by atoms with Crippen molar-refractivity contribution in [2.24, 2.45) is 0 Å². The number of amides is 1. The third-order valence-electron chi connectivity index (χ3n) is 2.90. The van der Waals surface area contributed by atoms with E-state index in [-0.39, 0.29) is 5.91 Å². The molecule has 2 heterocycles. The molecule has 0 aliphatic carbocycles. The number of carbonyl (C=O) groups excluding carboxylic acids is 1. The number of benzene rings is 1. The predicted octanol–water partition coefficient (Wildman–Crippen LogP) is 3.28. The van der Waals surface area contributed by atoms with Crippen LogP contribution in [0.25, 0.3) is 10.9 Å². The lowest BCUT2D eigenvalue weighted by Crippen LogP contribution is -2.12. The van der Waals surface area contributed by atoms with Gasteiger partial charge in [-0.25, -0.2) is 0 Å². The highest BCUT2D eigenvalue weighted by Gasteiger charge is 2.12. The molecule has 0 bridgehead atoms. The van der Waals surface area contributed by atoms with E-state index < -0.39 is 0 Å². The Hall–Kier alpha value is -2.21. The van der Waals surface area contributed by atoms with Gasteiger partial charge in [0, 0.05) is 21.7 Å². The summed E-state index contributed by atoms with van der Waals surface area (Å²) in [5.74, 6) is -0.177. The number of fused-ring (bicyclic) bond motifs is 1. The van der Waals surface area contributed by atoms with Crippen LogP contribution in [0.3, 0.4) is 0 Å². The maximum absolute atomic E-state index is 12.4. The quantitative estimate of drug-likeness (QED) is 0.757. The summed E-state index contributed by atoms with van der Waals surface area (Å²) < 4.78 is 0.935. The van der Waals surface area contributed by atoms with E-state index in [2.05, 4.69) is 36.4 Å². The largest absolute Gasteiger partial charge is 0.319 e. The van der Waals surface area contributed by atoms with Crippen molar-refractivity contribution in [3.8, 4) is 0 Å². The standard InChI is InChI=1S/C14H11BrN4O/c1-8-4-12(14(20)19-10-6-16-17-7-10)11-3-2-9(15)5-13(11)18-8/h2-7H,1H3,(H,16,17)(H,19,20). The van der Waals surface area contributed by atoms with Gasteiger partial charge in [-0.1, -0.05) is 22.0 Å². The summed E-state index contributed by atoms with van der Waals surface area (Å²) in [6.07, 6.45) is 3.19. The molecule has 0 aliphatic heterocycles. The van der Waals surface area contributed by atoms with Crippen molar-refractivity contribution in [3.63, 3.8) is 0 Å². The number of nitrogens with one attached hydrogen (secondary N) is 2. The fraction of sp³-hybridized carbons (Fsp3) is 0.0714. The van der Waals surface area contributed by atoms with Gasteiger partial charge >= 0.3 is 0 Å². The lowest BCUT2D eigenvalue weighted by atomic mass is 10.1. The molecule has 5 nitrogen and oxygen atoms in total. The number of H-pyrrole nitrogens is 1. The first-order chi connectivity index (χ1) is 9.63.